The number of aliphatic hydroxyl groups is 1. The number of amides is 2. The minimum Gasteiger partial charge on any atom is -0.391 e. The van der Waals surface area contributed by atoms with Crippen molar-refractivity contribution < 1.29 is 14.7 Å². The van der Waals surface area contributed by atoms with Crippen molar-refractivity contribution in [3.8, 4) is 0 Å². The standard InChI is InChI=1S/C14H22N2O3S/c1-9(16-13(19)10-6-5-7-20-10)12(18)15-8-11(17)14(2,3)4/h5-7,9,11,17H,8H2,1-4H3,(H,15,18)(H,16,19). The number of carbonyl (C=O) groups is 2. The topological polar surface area (TPSA) is 78.4 Å². The number of hydrogen-bond acceptors (Lipinski definition) is 4. The lowest BCUT2D eigenvalue weighted by Gasteiger charge is -2.26. The minimum absolute atomic E-state index is 0.168. The highest BCUT2D eigenvalue weighted by Crippen LogP contribution is 2.18. The lowest BCUT2D eigenvalue weighted by atomic mass is 9.89. The van der Waals surface area contributed by atoms with Gasteiger partial charge in [-0.15, -0.1) is 11.3 Å². The smallest absolute Gasteiger partial charge is 0.261 e. The summed E-state index contributed by atoms with van der Waals surface area (Å²) in [6.07, 6.45) is -0.633. The van der Waals surface area contributed by atoms with Gasteiger partial charge in [-0.05, 0) is 23.8 Å². The number of rotatable bonds is 5. The third-order valence-corrected chi connectivity index (χ3v) is 3.82. The summed E-state index contributed by atoms with van der Waals surface area (Å²) in [7, 11) is 0. The Morgan fingerprint density at radius 1 is 1.40 bits per heavy atom. The lowest BCUT2D eigenvalue weighted by Crippen LogP contribution is -2.48. The quantitative estimate of drug-likeness (QED) is 0.768. The first-order valence-corrected chi connectivity index (χ1v) is 7.40. The van der Waals surface area contributed by atoms with E-state index in [4.69, 9.17) is 0 Å². The lowest BCUT2D eigenvalue weighted by molar-refractivity contribution is -0.123. The summed E-state index contributed by atoms with van der Waals surface area (Å²) in [5.74, 6) is -0.572. The average Bonchev–Trinajstić information content (AvgIpc) is 2.87. The fourth-order valence-corrected chi connectivity index (χ4v) is 2.02. The minimum atomic E-state index is -0.642. The third kappa shape index (κ3) is 4.94. The van der Waals surface area contributed by atoms with Crippen molar-refractivity contribution in [1.82, 2.24) is 10.6 Å². The second kappa shape index (κ2) is 6.85. The molecule has 0 fully saturated rings. The summed E-state index contributed by atoms with van der Waals surface area (Å²) < 4.78 is 0. The molecule has 1 heterocycles. The molecule has 0 saturated carbocycles. The van der Waals surface area contributed by atoms with Crippen LogP contribution in [0.3, 0.4) is 0 Å². The van der Waals surface area contributed by atoms with Crippen LogP contribution in [0.25, 0.3) is 0 Å². The van der Waals surface area contributed by atoms with Gasteiger partial charge in [0.25, 0.3) is 5.91 Å². The van der Waals surface area contributed by atoms with Crippen molar-refractivity contribution in [2.75, 3.05) is 6.54 Å². The first kappa shape index (κ1) is 16.7. The van der Waals surface area contributed by atoms with Crippen molar-refractivity contribution in [3.05, 3.63) is 22.4 Å². The maximum absolute atomic E-state index is 11.8. The van der Waals surface area contributed by atoms with Gasteiger partial charge in [0.05, 0.1) is 11.0 Å². The summed E-state index contributed by atoms with van der Waals surface area (Å²) in [4.78, 5) is 24.2. The summed E-state index contributed by atoms with van der Waals surface area (Å²) in [5.41, 5.74) is -0.295. The highest BCUT2D eigenvalue weighted by Gasteiger charge is 2.24. The van der Waals surface area contributed by atoms with E-state index in [2.05, 4.69) is 10.6 Å². The Morgan fingerprint density at radius 2 is 2.05 bits per heavy atom. The molecule has 1 aromatic heterocycles. The molecule has 3 N–H and O–H groups in total. The van der Waals surface area contributed by atoms with E-state index in [1.165, 1.54) is 11.3 Å². The Balaban J connectivity index is 2.42. The van der Waals surface area contributed by atoms with Crippen molar-refractivity contribution >= 4 is 23.2 Å². The van der Waals surface area contributed by atoms with Crippen LogP contribution in [0.1, 0.15) is 37.4 Å². The van der Waals surface area contributed by atoms with E-state index in [1.54, 1.807) is 24.4 Å². The first-order valence-electron chi connectivity index (χ1n) is 6.52. The number of nitrogens with one attached hydrogen (secondary N) is 2. The first-order chi connectivity index (χ1) is 9.21. The van der Waals surface area contributed by atoms with Gasteiger partial charge in [-0.3, -0.25) is 9.59 Å². The molecule has 0 aliphatic rings. The molecule has 112 valence electrons. The second-order valence-corrected chi connectivity index (χ2v) is 6.75. The summed E-state index contributed by atoms with van der Waals surface area (Å²) in [6, 6.07) is 2.84. The zero-order chi connectivity index (χ0) is 15.3. The summed E-state index contributed by atoms with van der Waals surface area (Å²) in [5, 5.41) is 16.9. The SMILES string of the molecule is CC(NC(=O)c1cccs1)C(=O)NCC(O)C(C)(C)C. The summed E-state index contributed by atoms with van der Waals surface area (Å²) >= 11 is 1.32. The van der Waals surface area contributed by atoms with Crippen LogP contribution < -0.4 is 10.6 Å². The van der Waals surface area contributed by atoms with Crippen molar-refractivity contribution in [3.63, 3.8) is 0 Å². The second-order valence-electron chi connectivity index (χ2n) is 5.80. The molecule has 1 rings (SSSR count). The van der Waals surface area contributed by atoms with Crippen LogP contribution in [0.2, 0.25) is 0 Å². The van der Waals surface area contributed by atoms with E-state index in [0.717, 1.165) is 0 Å². The molecule has 0 aliphatic carbocycles. The van der Waals surface area contributed by atoms with E-state index >= 15 is 0 Å². The van der Waals surface area contributed by atoms with Crippen LogP contribution in [-0.4, -0.2) is 35.6 Å². The number of carbonyl (C=O) groups excluding carboxylic acids is 2. The van der Waals surface area contributed by atoms with Crippen LogP contribution in [0.15, 0.2) is 17.5 Å². The average molecular weight is 298 g/mol. The molecule has 2 unspecified atom stereocenters. The van der Waals surface area contributed by atoms with E-state index in [-0.39, 0.29) is 23.8 Å². The molecule has 5 nitrogen and oxygen atoms in total. The maximum Gasteiger partial charge on any atom is 0.261 e. The molecular weight excluding hydrogens is 276 g/mol. The van der Waals surface area contributed by atoms with Crippen molar-refractivity contribution in [2.24, 2.45) is 5.41 Å². The zero-order valence-electron chi connectivity index (χ0n) is 12.3. The maximum atomic E-state index is 11.8. The monoisotopic (exact) mass is 298 g/mol. The number of thiophene rings is 1. The summed E-state index contributed by atoms with van der Waals surface area (Å²) in [6.45, 7) is 7.47. The van der Waals surface area contributed by atoms with Gasteiger partial charge in [0.1, 0.15) is 6.04 Å². The Kier molecular flexibility index (Phi) is 5.71. The van der Waals surface area contributed by atoms with E-state index < -0.39 is 12.1 Å². The predicted octanol–water partition coefficient (Wildman–Crippen LogP) is 1.39. The molecule has 0 aromatic carbocycles. The Morgan fingerprint density at radius 3 is 2.55 bits per heavy atom. The molecular formula is C14H22N2O3S. The van der Waals surface area contributed by atoms with E-state index in [1.807, 2.05) is 20.8 Å². The van der Waals surface area contributed by atoms with Gasteiger partial charge in [0, 0.05) is 6.54 Å². The largest absolute Gasteiger partial charge is 0.391 e. The van der Waals surface area contributed by atoms with Crippen molar-refractivity contribution in [1.29, 1.82) is 0 Å². The van der Waals surface area contributed by atoms with Gasteiger partial charge in [-0.1, -0.05) is 26.8 Å². The van der Waals surface area contributed by atoms with Gasteiger partial charge in [-0.25, -0.2) is 0 Å². The Bertz CT molecular complexity index is 451. The Hall–Kier alpha value is -1.40. The molecule has 1 aromatic rings. The third-order valence-electron chi connectivity index (χ3n) is 2.96. The molecule has 6 heteroatoms. The highest BCUT2D eigenvalue weighted by atomic mass is 32.1. The normalized spacial score (nSPS) is 14.4. The van der Waals surface area contributed by atoms with Crippen LogP contribution in [0.5, 0.6) is 0 Å². The number of aliphatic hydroxyl groups excluding tert-OH is 1. The number of hydrogen-bond donors (Lipinski definition) is 3. The van der Waals surface area contributed by atoms with Crippen LogP contribution in [0.4, 0.5) is 0 Å². The molecule has 0 spiro atoms. The van der Waals surface area contributed by atoms with Crippen LogP contribution >= 0.6 is 11.3 Å². The van der Waals surface area contributed by atoms with Gasteiger partial charge in [-0.2, -0.15) is 0 Å². The molecule has 0 saturated heterocycles. The highest BCUT2D eigenvalue weighted by molar-refractivity contribution is 7.12. The molecule has 0 aliphatic heterocycles. The predicted molar refractivity (Wildman–Crippen MR) is 79.7 cm³/mol. The van der Waals surface area contributed by atoms with E-state index in [0.29, 0.717) is 4.88 Å². The molecule has 0 radical (unpaired) electrons. The van der Waals surface area contributed by atoms with Gasteiger partial charge >= 0.3 is 0 Å². The zero-order valence-corrected chi connectivity index (χ0v) is 13.1. The van der Waals surface area contributed by atoms with E-state index in [9.17, 15) is 14.7 Å². The van der Waals surface area contributed by atoms with Gasteiger partial charge in [0.15, 0.2) is 0 Å². The van der Waals surface area contributed by atoms with Gasteiger partial charge in [0.2, 0.25) is 5.91 Å². The van der Waals surface area contributed by atoms with Crippen LogP contribution in [0, 0.1) is 5.41 Å². The molecule has 2 amide bonds. The van der Waals surface area contributed by atoms with Gasteiger partial charge < -0.3 is 15.7 Å². The van der Waals surface area contributed by atoms with Crippen molar-refractivity contribution in [2.45, 2.75) is 39.8 Å². The molecule has 20 heavy (non-hydrogen) atoms. The Labute approximate surface area is 123 Å². The fourth-order valence-electron chi connectivity index (χ4n) is 1.40. The molecule has 0 bridgehead atoms. The fraction of sp³-hybridized carbons (Fsp3) is 0.571. The van der Waals surface area contributed by atoms with Crippen LogP contribution in [-0.2, 0) is 4.79 Å². The molecule has 2 atom stereocenters.